The van der Waals surface area contributed by atoms with Crippen molar-refractivity contribution in [2.75, 3.05) is 0 Å². The maximum atomic E-state index is 13.1. The minimum absolute atomic E-state index is 0.0902. The molecule has 1 aliphatic rings. The molecule has 0 atom stereocenters. The molecule has 92 valence electrons. The zero-order valence-corrected chi connectivity index (χ0v) is 10.6. The molecule has 0 bridgehead atoms. The van der Waals surface area contributed by atoms with Gasteiger partial charge in [-0.3, -0.25) is 0 Å². The Morgan fingerprint density at radius 1 is 1.28 bits per heavy atom. The van der Waals surface area contributed by atoms with E-state index in [1.807, 2.05) is 6.92 Å². The zero-order chi connectivity index (χ0) is 12.7. The van der Waals surface area contributed by atoms with Gasteiger partial charge < -0.3 is 5.32 Å². The number of fused-ring (bicyclic) bond motifs is 1. The third-order valence-corrected chi connectivity index (χ3v) is 3.36. The van der Waals surface area contributed by atoms with E-state index in [1.165, 1.54) is 6.07 Å². The Morgan fingerprint density at radius 3 is 2.89 bits per heavy atom. The van der Waals surface area contributed by atoms with Crippen molar-refractivity contribution >= 4 is 11.6 Å². The number of aryl methyl sites for hydroxylation is 1. The number of halogens is 2. The smallest absolute Gasteiger partial charge is 0.159 e. The van der Waals surface area contributed by atoms with Crippen LogP contribution < -0.4 is 5.32 Å². The number of rotatable bonds is 1. The lowest BCUT2D eigenvalue weighted by Gasteiger charge is -2.06. The maximum absolute atomic E-state index is 13.1. The molecule has 0 fully saturated rings. The first-order chi connectivity index (χ1) is 8.65. The summed E-state index contributed by atoms with van der Waals surface area (Å²) in [6.07, 6.45) is 0. The van der Waals surface area contributed by atoms with E-state index in [2.05, 4.69) is 15.3 Å². The lowest BCUT2D eigenvalue weighted by atomic mass is 10.1. The number of hydrogen-bond donors (Lipinski definition) is 1. The van der Waals surface area contributed by atoms with Crippen LogP contribution in [0.25, 0.3) is 11.4 Å². The van der Waals surface area contributed by atoms with Crippen molar-refractivity contribution in [2.45, 2.75) is 20.0 Å². The molecule has 0 radical (unpaired) electrons. The van der Waals surface area contributed by atoms with E-state index >= 15 is 0 Å². The monoisotopic (exact) mass is 263 g/mol. The predicted octanol–water partition coefficient (Wildman–Crippen LogP) is 2.85. The molecule has 1 N–H and O–H groups in total. The Kier molecular flexibility index (Phi) is 2.76. The van der Waals surface area contributed by atoms with Gasteiger partial charge in [-0.15, -0.1) is 0 Å². The minimum atomic E-state index is -0.431. The van der Waals surface area contributed by atoms with Gasteiger partial charge in [0.25, 0.3) is 0 Å². The molecule has 1 aliphatic heterocycles. The highest BCUT2D eigenvalue weighted by Crippen LogP contribution is 2.25. The summed E-state index contributed by atoms with van der Waals surface area (Å²) in [5, 5.41) is 3.33. The third kappa shape index (κ3) is 1.87. The fourth-order valence-corrected chi connectivity index (χ4v) is 2.28. The van der Waals surface area contributed by atoms with Crippen molar-refractivity contribution in [3.05, 3.63) is 46.0 Å². The number of nitrogens with zero attached hydrogens (tertiary/aromatic N) is 2. The Balaban J connectivity index is 2.12. The molecule has 0 amide bonds. The van der Waals surface area contributed by atoms with E-state index in [4.69, 9.17) is 11.6 Å². The van der Waals surface area contributed by atoms with Gasteiger partial charge in [0, 0.05) is 29.9 Å². The second-order valence-corrected chi connectivity index (χ2v) is 4.70. The fraction of sp³-hybridized carbons (Fsp3) is 0.231. The van der Waals surface area contributed by atoms with E-state index < -0.39 is 5.82 Å². The molecule has 0 aliphatic carbocycles. The predicted molar refractivity (Wildman–Crippen MR) is 67.7 cm³/mol. The molecule has 1 aromatic carbocycles. The van der Waals surface area contributed by atoms with E-state index in [0.717, 1.165) is 35.6 Å². The summed E-state index contributed by atoms with van der Waals surface area (Å²) in [5.74, 6) is 0.164. The van der Waals surface area contributed by atoms with E-state index in [1.54, 1.807) is 12.1 Å². The van der Waals surface area contributed by atoms with Crippen LogP contribution in [-0.2, 0) is 13.1 Å². The van der Waals surface area contributed by atoms with Crippen molar-refractivity contribution in [3.8, 4) is 11.4 Å². The first-order valence-corrected chi connectivity index (χ1v) is 6.05. The maximum Gasteiger partial charge on any atom is 0.159 e. The molecule has 0 unspecified atom stereocenters. The van der Waals surface area contributed by atoms with Gasteiger partial charge in [0.15, 0.2) is 5.82 Å². The molecule has 2 heterocycles. The number of benzene rings is 1. The lowest BCUT2D eigenvalue weighted by molar-refractivity contribution is 0.628. The van der Waals surface area contributed by atoms with Crippen molar-refractivity contribution in [1.82, 2.24) is 15.3 Å². The minimum Gasteiger partial charge on any atom is -0.307 e. The van der Waals surface area contributed by atoms with Crippen LogP contribution in [0.4, 0.5) is 4.39 Å². The van der Waals surface area contributed by atoms with Gasteiger partial charge >= 0.3 is 0 Å². The summed E-state index contributed by atoms with van der Waals surface area (Å²) in [7, 11) is 0. The van der Waals surface area contributed by atoms with Gasteiger partial charge in [-0.05, 0) is 25.1 Å². The van der Waals surface area contributed by atoms with Crippen LogP contribution >= 0.6 is 11.6 Å². The quantitative estimate of drug-likeness (QED) is 0.860. The molecule has 1 aromatic heterocycles. The Bertz CT molecular complexity index is 628. The SMILES string of the molecule is Cc1nc(-c2ccc(F)c(Cl)c2)nc2c1CNC2. The average Bonchev–Trinajstić information content (AvgIpc) is 2.81. The molecule has 5 heteroatoms. The molecule has 3 rings (SSSR count). The number of hydrogen-bond acceptors (Lipinski definition) is 3. The molecular weight excluding hydrogens is 253 g/mol. The van der Waals surface area contributed by atoms with Crippen LogP contribution in [0.3, 0.4) is 0 Å². The summed E-state index contributed by atoms with van der Waals surface area (Å²) in [6.45, 7) is 3.52. The standard InChI is InChI=1S/C13H11ClFN3/c1-7-9-5-16-6-12(9)18-13(17-7)8-2-3-11(15)10(14)4-8/h2-4,16H,5-6H2,1H3. The topological polar surface area (TPSA) is 37.8 Å². The van der Waals surface area contributed by atoms with Crippen molar-refractivity contribution in [1.29, 1.82) is 0 Å². The van der Waals surface area contributed by atoms with Crippen molar-refractivity contribution in [2.24, 2.45) is 0 Å². The Morgan fingerprint density at radius 2 is 2.11 bits per heavy atom. The van der Waals surface area contributed by atoms with Crippen molar-refractivity contribution in [3.63, 3.8) is 0 Å². The van der Waals surface area contributed by atoms with E-state index in [9.17, 15) is 4.39 Å². The lowest BCUT2D eigenvalue weighted by Crippen LogP contribution is -2.00. The molecule has 0 spiro atoms. The highest BCUT2D eigenvalue weighted by molar-refractivity contribution is 6.31. The van der Waals surface area contributed by atoms with E-state index in [-0.39, 0.29) is 5.02 Å². The highest BCUT2D eigenvalue weighted by atomic mass is 35.5. The fourth-order valence-electron chi connectivity index (χ4n) is 2.10. The third-order valence-electron chi connectivity index (χ3n) is 3.07. The Labute approximate surface area is 109 Å². The van der Waals surface area contributed by atoms with Gasteiger partial charge in [0.2, 0.25) is 0 Å². The van der Waals surface area contributed by atoms with Crippen LogP contribution in [0, 0.1) is 12.7 Å². The van der Waals surface area contributed by atoms with Crippen molar-refractivity contribution < 1.29 is 4.39 Å². The van der Waals surface area contributed by atoms with Gasteiger partial charge in [0.05, 0.1) is 10.7 Å². The molecular formula is C13H11ClFN3. The van der Waals surface area contributed by atoms with Gasteiger partial charge in [-0.2, -0.15) is 0 Å². The number of aromatic nitrogens is 2. The van der Waals surface area contributed by atoms with Gasteiger partial charge in [-0.25, -0.2) is 14.4 Å². The Hall–Kier alpha value is -1.52. The molecule has 0 saturated heterocycles. The summed E-state index contributed by atoms with van der Waals surface area (Å²) >= 11 is 5.78. The summed E-state index contributed by atoms with van der Waals surface area (Å²) in [6, 6.07) is 4.53. The molecule has 3 nitrogen and oxygen atoms in total. The van der Waals surface area contributed by atoms with Crippen LogP contribution in [-0.4, -0.2) is 9.97 Å². The summed E-state index contributed by atoms with van der Waals surface area (Å²) in [4.78, 5) is 8.95. The number of nitrogens with one attached hydrogen (secondary N) is 1. The first-order valence-electron chi connectivity index (χ1n) is 5.67. The highest BCUT2D eigenvalue weighted by Gasteiger charge is 2.17. The molecule has 2 aromatic rings. The van der Waals surface area contributed by atoms with E-state index in [0.29, 0.717) is 5.82 Å². The second-order valence-electron chi connectivity index (χ2n) is 4.29. The van der Waals surface area contributed by atoms with Gasteiger partial charge in [0.1, 0.15) is 5.82 Å². The van der Waals surface area contributed by atoms with Crippen LogP contribution in [0.2, 0.25) is 5.02 Å². The summed E-state index contributed by atoms with van der Waals surface area (Å²) < 4.78 is 13.1. The average molecular weight is 264 g/mol. The van der Waals surface area contributed by atoms with Crippen LogP contribution in [0.1, 0.15) is 17.0 Å². The van der Waals surface area contributed by atoms with Crippen LogP contribution in [0.5, 0.6) is 0 Å². The van der Waals surface area contributed by atoms with Gasteiger partial charge in [-0.1, -0.05) is 11.6 Å². The molecule has 0 saturated carbocycles. The summed E-state index contributed by atoms with van der Waals surface area (Å²) in [5.41, 5.74) is 3.87. The zero-order valence-electron chi connectivity index (χ0n) is 9.80. The van der Waals surface area contributed by atoms with Crippen LogP contribution in [0.15, 0.2) is 18.2 Å². The second kappa shape index (κ2) is 4.30. The largest absolute Gasteiger partial charge is 0.307 e. The molecule has 18 heavy (non-hydrogen) atoms. The first kappa shape index (κ1) is 11.6. The normalized spacial score (nSPS) is 13.7.